The highest BCUT2D eigenvalue weighted by Crippen LogP contribution is 2.50. The van der Waals surface area contributed by atoms with Gasteiger partial charge in [0.1, 0.15) is 24.9 Å². The van der Waals surface area contributed by atoms with Crippen LogP contribution in [-0.2, 0) is 11.3 Å². The maximum atomic E-state index is 13.6. The van der Waals surface area contributed by atoms with E-state index in [0.717, 1.165) is 12.8 Å². The molecule has 2 fully saturated rings. The van der Waals surface area contributed by atoms with E-state index < -0.39 is 17.8 Å². The summed E-state index contributed by atoms with van der Waals surface area (Å²) >= 11 is 0. The van der Waals surface area contributed by atoms with E-state index in [0.29, 0.717) is 6.54 Å². The number of hydrogen-bond donors (Lipinski definition) is 1. The molecule has 0 aromatic carbocycles. The van der Waals surface area contributed by atoms with Crippen LogP contribution >= 0.6 is 0 Å². The Labute approximate surface area is 158 Å². The molecule has 3 rings (SSSR count). The van der Waals surface area contributed by atoms with E-state index in [1.165, 1.54) is 11.2 Å². The molecule has 0 radical (unpaired) electrons. The third-order valence-corrected chi connectivity index (χ3v) is 6.37. The number of nitriles is 1. The van der Waals surface area contributed by atoms with Gasteiger partial charge < -0.3 is 4.90 Å². The summed E-state index contributed by atoms with van der Waals surface area (Å²) in [6, 6.07) is 1.31. The molecule has 8 heteroatoms. The summed E-state index contributed by atoms with van der Waals surface area (Å²) in [4.78, 5) is 17.9. The first-order valence-corrected chi connectivity index (χ1v) is 9.21. The molecule has 1 N–H and O–H groups in total. The normalized spacial score (nSPS) is 32.2. The number of aromatic nitrogens is 3. The lowest BCUT2D eigenvalue weighted by Crippen LogP contribution is -2.56. The third-order valence-electron chi connectivity index (χ3n) is 6.37. The minimum atomic E-state index is -1.14. The SMILES string of the molecule is C#C[C@@]1(NCC(=O)N2C[C@@H](F)C[C@H]2C#N)CC[C@H](Cn2cncn2)C1(C)C. The number of rotatable bonds is 5. The van der Waals surface area contributed by atoms with Crippen LogP contribution in [0.3, 0.4) is 0 Å². The van der Waals surface area contributed by atoms with E-state index in [-0.39, 0.29) is 36.8 Å². The number of alkyl halides is 1. The van der Waals surface area contributed by atoms with Gasteiger partial charge in [-0.15, -0.1) is 6.42 Å². The number of nitrogens with one attached hydrogen (secondary N) is 1. The van der Waals surface area contributed by atoms with Gasteiger partial charge in [-0.1, -0.05) is 19.8 Å². The van der Waals surface area contributed by atoms with Crippen molar-refractivity contribution in [2.45, 2.75) is 57.4 Å². The first kappa shape index (κ1) is 19.3. The van der Waals surface area contributed by atoms with Crippen LogP contribution in [0, 0.1) is 35.0 Å². The number of nitrogens with zero attached hydrogens (tertiary/aromatic N) is 5. The van der Waals surface area contributed by atoms with Gasteiger partial charge in [0.25, 0.3) is 0 Å². The van der Waals surface area contributed by atoms with Crippen LogP contribution in [0.15, 0.2) is 12.7 Å². The highest BCUT2D eigenvalue weighted by molar-refractivity contribution is 5.79. The van der Waals surface area contributed by atoms with E-state index in [4.69, 9.17) is 11.7 Å². The number of hydrogen-bond acceptors (Lipinski definition) is 5. The lowest BCUT2D eigenvalue weighted by molar-refractivity contribution is -0.130. The summed E-state index contributed by atoms with van der Waals surface area (Å²) in [5, 5.41) is 16.6. The van der Waals surface area contributed by atoms with E-state index in [1.54, 1.807) is 11.0 Å². The molecule has 27 heavy (non-hydrogen) atoms. The van der Waals surface area contributed by atoms with Gasteiger partial charge in [0, 0.05) is 13.0 Å². The monoisotopic (exact) mass is 372 g/mol. The Kier molecular flexibility index (Phi) is 5.21. The topological polar surface area (TPSA) is 86.8 Å². The van der Waals surface area contributed by atoms with Crippen LogP contribution in [0.4, 0.5) is 4.39 Å². The van der Waals surface area contributed by atoms with Gasteiger partial charge in [0.15, 0.2) is 0 Å². The molecule has 1 aliphatic heterocycles. The second-order valence-corrected chi connectivity index (χ2v) is 8.00. The van der Waals surface area contributed by atoms with Gasteiger partial charge in [-0.25, -0.2) is 9.37 Å². The molecule has 1 aromatic rings. The predicted molar refractivity (Wildman–Crippen MR) is 96.7 cm³/mol. The van der Waals surface area contributed by atoms with Crippen LogP contribution in [0.1, 0.15) is 33.1 Å². The fourth-order valence-electron chi connectivity index (χ4n) is 4.43. The Morgan fingerprint density at radius 1 is 1.52 bits per heavy atom. The standard InChI is InChI=1S/C19H25FN6O/c1-4-19(23-9-17(27)26-11-15(20)7-16(26)8-21)6-5-14(18(19,2)3)10-25-13-22-12-24-25/h1,12-16,23H,5-7,9-11H2,2-3H3/t14-,15+,16+,19-/m1/s1. The zero-order valence-corrected chi connectivity index (χ0v) is 15.7. The molecule has 4 atom stereocenters. The van der Waals surface area contributed by atoms with E-state index in [1.807, 2.05) is 6.07 Å². The second-order valence-electron chi connectivity index (χ2n) is 8.00. The Morgan fingerprint density at radius 2 is 2.30 bits per heavy atom. The van der Waals surface area contributed by atoms with Gasteiger partial charge in [-0.05, 0) is 24.2 Å². The first-order valence-electron chi connectivity index (χ1n) is 9.21. The van der Waals surface area contributed by atoms with Crippen molar-refractivity contribution in [2.75, 3.05) is 13.1 Å². The van der Waals surface area contributed by atoms with Gasteiger partial charge in [0.2, 0.25) is 5.91 Å². The molecule has 0 unspecified atom stereocenters. The molecule has 1 aliphatic carbocycles. The van der Waals surface area contributed by atoms with Crippen LogP contribution in [0.5, 0.6) is 0 Å². The van der Waals surface area contributed by atoms with Crippen LogP contribution in [-0.4, -0.2) is 56.4 Å². The van der Waals surface area contributed by atoms with Crippen molar-refractivity contribution in [1.29, 1.82) is 5.26 Å². The molecular formula is C19H25FN6O. The molecule has 2 aliphatic rings. The van der Waals surface area contributed by atoms with Crippen molar-refractivity contribution in [1.82, 2.24) is 25.0 Å². The summed E-state index contributed by atoms with van der Waals surface area (Å²) < 4.78 is 15.4. The average molecular weight is 372 g/mol. The molecule has 7 nitrogen and oxygen atoms in total. The third kappa shape index (κ3) is 3.42. The number of halogens is 1. The van der Waals surface area contributed by atoms with Crippen molar-refractivity contribution in [2.24, 2.45) is 11.3 Å². The van der Waals surface area contributed by atoms with Crippen molar-refractivity contribution in [3.63, 3.8) is 0 Å². The van der Waals surface area contributed by atoms with E-state index >= 15 is 0 Å². The largest absolute Gasteiger partial charge is 0.323 e. The summed E-state index contributed by atoms with van der Waals surface area (Å²) in [6.07, 6.45) is 9.67. The zero-order chi connectivity index (χ0) is 19.7. The number of carbonyl (C=O) groups excluding carboxylic acids is 1. The van der Waals surface area contributed by atoms with Crippen LogP contribution in [0.25, 0.3) is 0 Å². The van der Waals surface area contributed by atoms with Gasteiger partial charge in [-0.3, -0.25) is 14.8 Å². The zero-order valence-electron chi connectivity index (χ0n) is 15.7. The molecule has 1 saturated carbocycles. The molecule has 1 aromatic heterocycles. The minimum Gasteiger partial charge on any atom is -0.323 e. The smallest absolute Gasteiger partial charge is 0.237 e. The summed E-state index contributed by atoms with van der Waals surface area (Å²) in [7, 11) is 0. The van der Waals surface area contributed by atoms with Crippen molar-refractivity contribution in [3.8, 4) is 18.4 Å². The fourth-order valence-corrected chi connectivity index (χ4v) is 4.43. The Balaban J connectivity index is 1.68. The van der Waals surface area contributed by atoms with Gasteiger partial charge in [0.05, 0.1) is 24.7 Å². The molecular weight excluding hydrogens is 347 g/mol. The highest BCUT2D eigenvalue weighted by Gasteiger charge is 2.54. The second kappa shape index (κ2) is 7.28. The Morgan fingerprint density at radius 3 is 2.93 bits per heavy atom. The Hall–Kier alpha value is -2.45. The van der Waals surface area contributed by atoms with Crippen molar-refractivity contribution >= 4 is 5.91 Å². The average Bonchev–Trinajstić information content (AvgIpc) is 3.34. The molecule has 1 saturated heterocycles. The number of likely N-dealkylation sites (tertiary alicyclic amines) is 1. The van der Waals surface area contributed by atoms with Crippen LogP contribution < -0.4 is 5.32 Å². The first-order chi connectivity index (χ1) is 12.8. The Bertz CT molecular complexity index is 764. The number of carbonyl (C=O) groups is 1. The van der Waals surface area contributed by atoms with Crippen LogP contribution in [0.2, 0.25) is 0 Å². The molecule has 144 valence electrons. The summed E-state index contributed by atoms with van der Waals surface area (Å²) in [6.45, 7) is 4.88. The van der Waals surface area contributed by atoms with Crippen molar-refractivity contribution < 1.29 is 9.18 Å². The maximum Gasteiger partial charge on any atom is 0.237 e. The molecule has 1 amide bonds. The molecule has 2 heterocycles. The molecule has 0 spiro atoms. The summed E-state index contributed by atoms with van der Waals surface area (Å²) in [5.41, 5.74) is -0.929. The highest BCUT2D eigenvalue weighted by atomic mass is 19.1. The summed E-state index contributed by atoms with van der Waals surface area (Å²) in [5.74, 6) is 2.88. The predicted octanol–water partition coefficient (Wildman–Crippen LogP) is 1.14. The lowest BCUT2D eigenvalue weighted by atomic mass is 9.70. The number of amides is 1. The quantitative estimate of drug-likeness (QED) is 0.783. The fraction of sp³-hybridized carbons (Fsp3) is 0.684. The lowest BCUT2D eigenvalue weighted by Gasteiger charge is -2.41. The van der Waals surface area contributed by atoms with Crippen molar-refractivity contribution in [3.05, 3.63) is 12.7 Å². The van der Waals surface area contributed by atoms with E-state index in [2.05, 4.69) is 35.2 Å². The number of terminal acetylenes is 1. The maximum absolute atomic E-state index is 13.6. The minimum absolute atomic E-state index is 0.00538. The van der Waals surface area contributed by atoms with Gasteiger partial charge >= 0.3 is 0 Å². The van der Waals surface area contributed by atoms with E-state index in [9.17, 15) is 9.18 Å². The van der Waals surface area contributed by atoms with Gasteiger partial charge in [-0.2, -0.15) is 10.4 Å². The molecule has 0 bridgehead atoms.